The maximum absolute atomic E-state index is 12.9. The third-order valence-electron chi connectivity index (χ3n) is 15.6. The van der Waals surface area contributed by atoms with E-state index in [-0.39, 0.29) is 31.1 Å². The van der Waals surface area contributed by atoms with Gasteiger partial charge in [-0.2, -0.15) is 0 Å². The van der Waals surface area contributed by atoms with Crippen molar-refractivity contribution in [2.75, 3.05) is 13.2 Å². The van der Waals surface area contributed by atoms with E-state index in [9.17, 15) is 14.4 Å². The second kappa shape index (κ2) is 66.1. The van der Waals surface area contributed by atoms with Crippen molar-refractivity contribution in [2.24, 2.45) is 0 Å². The molecule has 0 aromatic heterocycles. The van der Waals surface area contributed by atoms with Crippen molar-refractivity contribution in [3.8, 4) is 0 Å². The van der Waals surface area contributed by atoms with Gasteiger partial charge in [-0.05, 0) is 77.0 Å². The third-order valence-corrected chi connectivity index (χ3v) is 15.6. The van der Waals surface area contributed by atoms with Crippen LogP contribution in [0.3, 0.4) is 0 Å². The number of hydrogen-bond acceptors (Lipinski definition) is 6. The van der Waals surface area contributed by atoms with Gasteiger partial charge in [0.15, 0.2) is 6.10 Å². The predicted molar refractivity (Wildman–Crippen MR) is 335 cm³/mol. The summed E-state index contributed by atoms with van der Waals surface area (Å²) in [6.07, 6.45) is 81.6. The molecule has 0 aliphatic carbocycles. The van der Waals surface area contributed by atoms with E-state index in [0.717, 1.165) is 64.2 Å². The highest BCUT2D eigenvalue weighted by atomic mass is 16.6. The average Bonchev–Trinajstić information content (AvgIpc) is 3.43. The fraction of sp³-hybridized carbons (Fsp3) is 0.873. The molecule has 0 rings (SSSR count). The summed E-state index contributed by atoms with van der Waals surface area (Å²) in [4.78, 5) is 38.4. The van der Waals surface area contributed by atoms with Gasteiger partial charge in [0.2, 0.25) is 0 Å². The van der Waals surface area contributed by atoms with E-state index in [1.807, 2.05) is 0 Å². The number of rotatable bonds is 64. The fourth-order valence-electron chi connectivity index (χ4n) is 10.4. The molecule has 0 aliphatic heterocycles. The molecule has 0 aromatic rings. The quantitative estimate of drug-likeness (QED) is 0.0261. The molecule has 0 amide bonds. The lowest BCUT2D eigenvalue weighted by Crippen LogP contribution is -2.30. The molecule has 0 heterocycles. The first-order valence-electron chi connectivity index (χ1n) is 34.5. The number of allylic oxidation sites excluding steroid dienone is 6. The van der Waals surface area contributed by atoms with E-state index in [4.69, 9.17) is 14.2 Å². The summed E-state index contributed by atoms with van der Waals surface area (Å²) in [5.74, 6) is -0.846. The largest absolute Gasteiger partial charge is 0.462 e. The van der Waals surface area contributed by atoms with Gasteiger partial charge in [0.05, 0.1) is 0 Å². The van der Waals surface area contributed by atoms with Gasteiger partial charge in [0, 0.05) is 19.3 Å². The van der Waals surface area contributed by atoms with Gasteiger partial charge in [-0.25, -0.2) is 0 Å². The van der Waals surface area contributed by atoms with Crippen LogP contribution in [0.5, 0.6) is 0 Å². The summed E-state index contributed by atoms with van der Waals surface area (Å²) < 4.78 is 17.0. The van der Waals surface area contributed by atoms with E-state index in [1.165, 1.54) is 276 Å². The first kappa shape index (κ1) is 74.6. The number of unbranched alkanes of at least 4 members (excludes halogenated alkanes) is 47. The van der Waals surface area contributed by atoms with Crippen molar-refractivity contribution in [2.45, 2.75) is 386 Å². The number of esters is 3. The molecule has 0 aliphatic rings. The molecule has 0 saturated heterocycles. The molecule has 6 heteroatoms. The van der Waals surface area contributed by atoms with Crippen LogP contribution >= 0.6 is 0 Å². The van der Waals surface area contributed by atoms with Crippen LogP contribution in [-0.2, 0) is 28.6 Å². The molecule has 1 atom stereocenters. The molecular weight excluding hydrogens is 949 g/mol. The SMILES string of the molecule is CCCCCCC/C=C\C/C=C\CCCCCCCCCCCC(=O)OC(COC(=O)CCCCCCCCCCCCC/C=C\CCCCCCCCCC)COC(=O)CCCCCCCCCCCCCCCCC. The monoisotopic (exact) mass is 1080 g/mol. The second-order valence-electron chi connectivity index (χ2n) is 23.4. The Hall–Kier alpha value is -2.37. The Bertz CT molecular complexity index is 1290. The summed E-state index contributed by atoms with van der Waals surface area (Å²) in [7, 11) is 0. The van der Waals surface area contributed by atoms with Gasteiger partial charge in [-0.1, -0.05) is 320 Å². The predicted octanol–water partition coefficient (Wildman–Crippen LogP) is 23.6. The van der Waals surface area contributed by atoms with Crippen molar-refractivity contribution in [1.29, 1.82) is 0 Å². The molecule has 0 saturated carbocycles. The van der Waals surface area contributed by atoms with E-state index in [1.54, 1.807) is 0 Å². The third kappa shape index (κ3) is 64.3. The molecule has 0 bridgehead atoms. The maximum atomic E-state index is 12.9. The Balaban J connectivity index is 4.30. The highest BCUT2D eigenvalue weighted by Crippen LogP contribution is 2.18. The van der Waals surface area contributed by atoms with Gasteiger partial charge >= 0.3 is 17.9 Å². The van der Waals surface area contributed by atoms with Gasteiger partial charge in [0.1, 0.15) is 13.2 Å². The Labute approximate surface area is 480 Å². The van der Waals surface area contributed by atoms with Crippen LogP contribution in [0.4, 0.5) is 0 Å². The van der Waals surface area contributed by atoms with Crippen LogP contribution in [-0.4, -0.2) is 37.2 Å². The zero-order valence-electron chi connectivity index (χ0n) is 52.0. The first-order valence-corrected chi connectivity index (χ1v) is 34.5. The Morgan fingerprint density at radius 3 is 0.727 bits per heavy atom. The van der Waals surface area contributed by atoms with Crippen LogP contribution in [0.2, 0.25) is 0 Å². The van der Waals surface area contributed by atoms with Crippen molar-refractivity contribution >= 4 is 17.9 Å². The minimum atomic E-state index is -0.773. The Kier molecular flexibility index (Phi) is 64.1. The first-order chi connectivity index (χ1) is 38.0. The van der Waals surface area contributed by atoms with Crippen LogP contribution in [0.15, 0.2) is 36.5 Å². The molecule has 1 unspecified atom stereocenters. The number of carbonyl (C=O) groups excluding carboxylic acids is 3. The fourth-order valence-corrected chi connectivity index (χ4v) is 10.4. The second-order valence-corrected chi connectivity index (χ2v) is 23.4. The van der Waals surface area contributed by atoms with Crippen molar-refractivity contribution in [3.05, 3.63) is 36.5 Å². The van der Waals surface area contributed by atoms with Gasteiger partial charge in [-0.15, -0.1) is 0 Å². The van der Waals surface area contributed by atoms with E-state index in [2.05, 4.69) is 57.2 Å². The summed E-state index contributed by atoms with van der Waals surface area (Å²) in [6, 6.07) is 0. The lowest BCUT2D eigenvalue weighted by atomic mass is 10.0. The average molecular weight is 1080 g/mol. The molecule has 0 N–H and O–H groups in total. The zero-order chi connectivity index (χ0) is 55.7. The lowest BCUT2D eigenvalue weighted by Gasteiger charge is -2.18. The van der Waals surface area contributed by atoms with Crippen LogP contribution in [0.25, 0.3) is 0 Å². The van der Waals surface area contributed by atoms with Crippen LogP contribution < -0.4 is 0 Å². The zero-order valence-corrected chi connectivity index (χ0v) is 52.0. The van der Waals surface area contributed by atoms with E-state index < -0.39 is 6.10 Å². The van der Waals surface area contributed by atoms with E-state index >= 15 is 0 Å². The smallest absolute Gasteiger partial charge is 0.306 e. The molecule has 452 valence electrons. The van der Waals surface area contributed by atoms with Crippen molar-refractivity contribution in [1.82, 2.24) is 0 Å². The number of carbonyl (C=O) groups is 3. The van der Waals surface area contributed by atoms with Gasteiger partial charge in [-0.3, -0.25) is 14.4 Å². The Morgan fingerprint density at radius 2 is 0.468 bits per heavy atom. The van der Waals surface area contributed by atoms with Crippen molar-refractivity contribution in [3.63, 3.8) is 0 Å². The minimum absolute atomic E-state index is 0.0691. The number of ether oxygens (including phenoxy) is 3. The lowest BCUT2D eigenvalue weighted by molar-refractivity contribution is -0.167. The molecule has 77 heavy (non-hydrogen) atoms. The van der Waals surface area contributed by atoms with Crippen molar-refractivity contribution < 1.29 is 28.6 Å². The minimum Gasteiger partial charge on any atom is -0.462 e. The highest BCUT2D eigenvalue weighted by molar-refractivity contribution is 5.71. The van der Waals surface area contributed by atoms with Gasteiger partial charge in [0.25, 0.3) is 0 Å². The molecule has 0 radical (unpaired) electrons. The van der Waals surface area contributed by atoms with Crippen LogP contribution in [0, 0.1) is 0 Å². The summed E-state index contributed by atoms with van der Waals surface area (Å²) in [6.45, 7) is 6.70. The maximum Gasteiger partial charge on any atom is 0.306 e. The standard InChI is InChI=1S/C71H132O6/c1-4-7-10-13-16-19-22-25-28-30-32-34-35-37-38-40-43-46-49-52-55-58-61-64-70(73)76-67-68(66-75-69(72)63-60-57-54-51-48-45-42-27-24-21-18-15-12-9-6-3)77-71(74)65-62-59-56-53-50-47-44-41-39-36-33-31-29-26-23-20-17-14-11-8-5-2/h23,26,30-33,68H,4-22,24-25,27-29,34-67H2,1-3H3/b26-23-,32-30-,33-31-. The molecule has 0 spiro atoms. The summed E-state index contributed by atoms with van der Waals surface area (Å²) in [5, 5.41) is 0. The molecule has 0 aromatic carbocycles. The molecule has 0 fully saturated rings. The molecule has 6 nitrogen and oxygen atoms in total. The molecular formula is C71H132O6. The Morgan fingerprint density at radius 1 is 0.260 bits per heavy atom. The number of hydrogen-bond donors (Lipinski definition) is 0. The topological polar surface area (TPSA) is 78.9 Å². The normalized spacial score (nSPS) is 12.2. The highest BCUT2D eigenvalue weighted by Gasteiger charge is 2.19. The summed E-state index contributed by atoms with van der Waals surface area (Å²) >= 11 is 0. The van der Waals surface area contributed by atoms with Crippen LogP contribution in [0.1, 0.15) is 380 Å². The summed E-state index contributed by atoms with van der Waals surface area (Å²) in [5.41, 5.74) is 0. The van der Waals surface area contributed by atoms with E-state index in [0.29, 0.717) is 19.3 Å². The van der Waals surface area contributed by atoms with Gasteiger partial charge < -0.3 is 14.2 Å².